The van der Waals surface area contributed by atoms with E-state index in [-0.39, 0.29) is 5.91 Å². The molecule has 1 fully saturated rings. The Hall–Kier alpha value is -1.35. The number of carbonyl (C=O) groups excluding carboxylic acids is 1. The Morgan fingerprint density at radius 3 is 2.73 bits per heavy atom. The van der Waals surface area contributed by atoms with Crippen LogP contribution in [-0.4, -0.2) is 37.0 Å². The van der Waals surface area contributed by atoms with Crippen LogP contribution in [0.3, 0.4) is 0 Å². The lowest BCUT2D eigenvalue weighted by Crippen LogP contribution is -2.33. The number of likely N-dealkylation sites (tertiary alicyclic amines) is 1. The van der Waals surface area contributed by atoms with E-state index in [2.05, 4.69) is 5.32 Å². The Labute approximate surface area is 90.1 Å². The van der Waals surface area contributed by atoms with Gasteiger partial charge in [0.05, 0.1) is 0 Å². The molecular weight excluding hydrogens is 188 g/mol. The van der Waals surface area contributed by atoms with Gasteiger partial charge in [-0.15, -0.1) is 0 Å². The van der Waals surface area contributed by atoms with Crippen LogP contribution < -0.4 is 5.32 Å². The zero-order valence-corrected chi connectivity index (χ0v) is 8.94. The fourth-order valence-electron chi connectivity index (χ4n) is 1.94. The van der Waals surface area contributed by atoms with Gasteiger partial charge in [-0.2, -0.15) is 0 Å². The van der Waals surface area contributed by atoms with Crippen molar-refractivity contribution in [2.24, 2.45) is 0 Å². The van der Waals surface area contributed by atoms with Crippen molar-refractivity contribution in [2.45, 2.75) is 12.5 Å². The second kappa shape index (κ2) is 4.45. The van der Waals surface area contributed by atoms with E-state index in [0.29, 0.717) is 6.04 Å². The highest BCUT2D eigenvalue weighted by Crippen LogP contribution is 2.12. The maximum atomic E-state index is 12.0. The lowest BCUT2D eigenvalue weighted by molar-refractivity contribution is 0.0789. The Bertz CT molecular complexity index is 337. The van der Waals surface area contributed by atoms with Gasteiger partial charge in [-0.1, -0.05) is 18.2 Å². The highest BCUT2D eigenvalue weighted by molar-refractivity contribution is 5.94. The maximum Gasteiger partial charge on any atom is 0.253 e. The van der Waals surface area contributed by atoms with Gasteiger partial charge in [0.15, 0.2) is 0 Å². The van der Waals surface area contributed by atoms with Crippen LogP contribution in [-0.2, 0) is 0 Å². The summed E-state index contributed by atoms with van der Waals surface area (Å²) in [6.07, 6.45) is 1.05. The molecule has 0 bridgehead atoms. The van der Waals surface area contributed by atoms with Crippen molar-refractivity contribution in [2.75, 3.05) is 20.1 Å². The van der Waals surface area contributed by atoms with E-state index in [9.17, 15) is 4.79 Å². The number of likely N-dealkylation sites (N-methyl/N-ethyl adjacent to an activating group) is 1. The van der Waals surface area contributed by atoms with Gasteiger partial charge in [0.25, 0.3) is 5.91 Å². The molecule has 0 aliphatic carbocycles. The van der Waals surface area contributed by atoms with Crippen LogP contribution in [0.1, 0.15) is 16.8 Å². The van der Waals surface area contributed by atoms with Crippen LogP contribution in [0.25, 0.3) is 0 Å². The molecule has 1 aliphatic heterocycles. The fraction of sp³-hybridized carbons (Fsp3) is 0.417. The minimum Gasteiger partial charge on any atom is -0.337 e. The summed E-state index contributed by atoms with van der Waals surface area (Å²) in [7, 11) is 1.95. The largest absolute Gasteiger partial charge is 0.337 e. The molecule has 1 aromatic rings. The Morgan fingerprint density at radius 2 is 2.13 bits per heavy atom. The smallest absolute Gasteiger partial charge is 0.253 e. The number of rotatable bonds is 2. The van der Waals surface area contributed by atoms with Crippen LogP contribution in [0.2, 0.25) is 0 Å². The maximum absolute atomic E-state index is 12.0. The van der Waals surface area contributed by atoms with Crippen LogP contribution >= 0.6 is 0 Å². The van der Waals surface area contributed by atoms with Gasteiger partial charge < -0.3 is 10.2 Å². The van der Waals surface area contributed by atoms with Crippen LogP contribution in [0.4, 0.5) is 0 Å². The van der Waals surface area contributed by atoms with Gasteiger partial charge in [0.2, 0.25) is 0 Å². The van der Waals surface area contributed by atoms with E-state index >= 15 is 0 Å². The lowest BCUT2D eigenvalue weighted by atomic mass is 10.2. The van der Waals surface area contributed by atoms with Gasteiger partial charge in [0.1, 0.15) is 0 Å². The summed E-state index contributed by atoms with van der Waals surface area (Å²) in [5, 5.41) is 3.21. The quantitative estimate of drug-likeness (QED) is 0.783. The van der Waals surface area contributed by atoms with Gasteiger partial charge in [0, 0.05) is 24.7 Å². The van der Waals surface area contributed by atoms with E-state index in [0.717, 1.165) is 25.1 Å². The van der Waals surface area contributed by atoms with Crippen molar-refractivity contribution in [3.8, 4) is 0 Å². The third-order valence-electron chi connectivity index (χ3n) is 2.90. The summed E-state index contributed by atoms with van der Waals surface area (Å²) in [6.45, 7) is 1.68. The summed E-state index contributed by atoms with van der Waals surface area (Å²) in [4.78, 5) is 13.9. The highest BCUT2D eigenvalue weighted by Gasteiger charge is 2.25. The van der Waals surface area contributed by atoms with E-state index in [1.807, 2.05) is 42.3 Å². The van der Waals surface area contributed by atoms with Crippen molar-refractivity contribution < 1.29 is 4.79 Å². The van der Waals surface area contributed by atoms with Gasteiger partial charge in [-0.3, -0.25) is 4.79 Å². The van der Waals surface area contributed by atoms with Crippen LogP contribution in [0.15, 0.2) is 30.3 Å². The van der Waals surface area contributed by atoms with E-state index in [1.54, 1.807) is 0 Å². The monoisotopic (exact) mass is 204 g/mol. The average molecular weight is 204 g/mol. The molecule has 1 aliphatic rings. The molecule has 1 atom stereocenters. The molecular formula is C12H16N2O. The zero-order valence-electron chi connectivity index (χ0n) is 8.94. The molecule has 1 N–H and O–H groups in total. The minimum absolute atomic E-state index is 0.147. The normalized spacial score (nSPS) is 20.6. The molecule has 0 aromatic heterocycles. The molecule has 3 heteroatoms. The molecule has 15 heavy (non-hydrogen) atoms. The SMILES string of the molecule is CN[C@H]1CCN(C(=O)c2ccccc2)C1. The van der Waals surface area contributed by atoms with E-state index < -0.39 is 0 Å². The first-order valence-electron chi connectivity index (χ1n) is 5.33. The fourth-order valence-corrected chi connectivity index (χ4v) is 1.94. The Kier molecular flexibility index (Phi) is 3.02. The van der Waals surface area contributed by atoms with Crippen LogP contribution in [0.5, 0.6) is 0 Å². The third kappa shape index (κ3) is 2.18. The van der Waals surface area contributed by atoms with Crippen molar-refractivity contribution in [1.82, 2.24) is 10.2 Å². The summed E-state index contributed by atoms with van der Waals surface area (Å²) < 4.78 is 0. The highest BCUT2D eigenvalue weighted by atomic mass is 16.2. The molecule has 0 unspecified atom stereocenters. The number of hydrogen-bond donors (Lipinski definition) is 1. The number of nitrogens with zero attached hydrogens (tertiary/aromatic N) is 1. The standard InChI is InChI=1S/C12H16N2O/c1-13-11-7-8-14(9-11)12(15)10-5-3-2-4-6-10/h2-6,11,13H,7-9H2,1H3/t11-/m0/s1. The number of amides is 1. The topological polar surface area (TPSA) is 32.3 Å². The molecule has 80 valence electrons. The van der Waals surface area contributed by atoms with E-state index in [1.165, 1.54) is 0 Å². The molecule has 3 nitrogen and oxygen atoms in total. The summed E-state index contributed by atoms with van der Waals surface area (Å²) >= 11 is 0. The van der Waals surface area contributed by atoms with Crippen LogP contribution in [0, 0.1) is 0 Å². The van der Waals surface area contributed by atoms with Crippen molar-refractivity contribution in [1.29, 1.82) is 0 Å². The molecule has 0 saturated carbocycles. The summed E-state index contributed by atoms with van der Waals surface area (Å²) in [5.74, 6) is 0.147. The number of nitrogens with one attached hydrogen (secondary N) is 1. The molecule has 1 aromatic carbocycles. The molecule has 0 radical (unpaired) electrons. The summed E-state index contributed by atoms with van der Waals surface area (Å²) in [6, 6.07) is 9.93. The molecule has 0 spiro atoms. The van der Waals surface area contributed by atoms with E-state index in [4.69, 9.17) is 0 Å². The van der Waals surface area contributed by atoms with Crippen molar-refractivity contribution in [3.63, 3.8) is 0 Å². The number of hydrogen-bond acceptors (Lipinski definition) is 2. The average Bonchev–Trinajstić information content (AvgIpc) is 2.78. The Morgan fingerprint density at radius 1 is 1.40 bits per heavy atom. The Balaban J connectivity index is 2.04. The van der Waals surface area contributed by atoms with Gasteiger partial charge >= 0.3 is 0 Å². The predicted octanol–water partition coefficient (Wildman–Crippen LogP) is 1.12. The predicted molar refractivity (Wildman–Crippen MR) is 59.8 cm³/mol. The van der Waals surface area contributed by atoms with Gasteiger partial charge in [-0.05, 0) is 25.6 Å². The summed E-state index contributed by atoms with van der Waals surface area (Å²) in [5.41, 5.74) is 0.786. The zero-order chi connectivity index (χ0) is 10.7. The van der Waals surface area contributed by atoms with Crippen molar-refractivity contribution >= 4 is 5.91 Å². The third-order valence-corrected chi connectivity index (χ3v) is 2.90. The van der Waals surface area contributed by atoms with Gasteiger partial charge in [-0.25, -0.2) is 0 Å². The lowest BCUT2D eigenvalue weighted by Gasteiger charge is -2.16. The molecule has 2 rings (SSSR count). The second-order valence-corrected chi connectivity index (χ2v) is 3.89. The van der Waals surface area contributed by atoms with Crippen molar-refractivity contribution in [3.05, 3.63) is 35.9 Å². The first-order valence-corrected chi connectivity index (χ1v) is 5.33. The first-order chi connectivity index (χ1) is 7.31. The molecule has 1 heterocycles. The number of carbonyl (C=O) groups is 1. The molecule has 1 saturated heterocycles. The second-order valence-electron chi connectivity index (χ2n) is 3.89. The minimum atomic E-state index is 0.147. The molecule has 1 amide bonds. The first kappa shape index (κ1) is 10.2. The number of benzene rings is 1.